The van der Waals surface area contributed by atoms with Gasteiger partial charge in [0.15, 0.2) is 0 Å². The van der Waals surface area contributed by atoms with Gasteiger partial charge >= 0.3 is 18.0 Å². The number of amides is 6. The molecule has 326 valence electrons. The van der Waals surface area contributed by atoms with Gasteiger partial charge in [-0.25, -0.2) is 14.4 Å². The molecule has 6 atom stereocenters. The molecule has 1 rings (SSSR count). The van der Waals surface area contributed by atoms with Crippen molar-refractivity contribution in [3.63, 3.8) is 0 Å². The number of ether oxygens (including phenoxy) is 3. The summed E-state index contributed by atoms with van der Waals surface area (Å²) in [6.45, 7) is 22.4. The molecule has 0 unspecified atom stereocenters. The molecule has 0 radical (unpaired) electrons. The van der Waals surface area contributed by atoms with E-state index in [4.69, 9.17) is 14.2 Å². The van der Waals surface area contributed by atoms with E-state index in [0.717, 1.165) is 0 Å². The first-order valence-corrected chi connectivity index (χ1v) is 19.5. The zero-order valence-corrected chi connectivity index (χ0v) is 36.7. The molecule has 0 aliphatic rings. The zero-order chi connectivity index (χ0) is 44.9. The number of carbonyl (C=O) groups excluding carboxylic acids is 8. The topological polar surface area (TPSA) is 236 Å². The van der Waals surface area contributed by atoms with Crippen LogP contribution in [0.15, 0.2) is 30.3 Å². The number of benzene rings is 1. The summed E-state index contributed by atoms with van der Waals surface area (Å²) < 4.78 is 15.7. The van der Waals surface area contributed by atoms with Gasteiger partial charge in [-0.15, -0.1) is 0 Å². The third-order valence-electron chi connectivity index (χ3n) is 9.14. The fraction of sp³-hybridized carbons (Fsp3) is 0.659. The van der Waals surface area contributed by atoms with E-state index in [-0.39, 0.29) is 5.56 Å². The van der Waals surface area contributed by atoms with E-state index in [1.165, 1.54) is 53.9 Å². The Hall–Kier alpha value is -5.22. The summed E-state index contributed by atoms with van der Waals surface area (Å²) in [4.78, 5) is 107. The number of alkyl carbamates (subject to hydrolysis) is 1. The van der Waals surface area contributed by atoms with E-state index in [9.17, 15) is 38.4 Å². The first-order valence-electron chi connectivity index (χ1n) is 19.5. The zero-order valence-electron chi connectivity index (χ0n) is 36.7. The average molecular weight is 819 g/mol. The second-order valence-corrected chi connectivity index (χ2v) is 17.1. The first-order chi connectivity index (χ1) is 26.6. The molecule has 6 amide bonds. The summed E-state index contributed by atoms with van der Waals surface area (Å²) in [6.07, 6.45) is -1.68. The van der Waals surface area contributed by atoms with Gasteiger partial charge in [0.2, 0.25) is 29.5 Å². The molecular weight excluding hydrogens is 752 g/mol. The van der Waals surface area contributed by atoms with Crippen molar-refractivity contribution < 1.29 is 52.6 Å². The van der Waals surface area contributed by atoms with Gasteiger partial charge < -0.3 is 46.1 Å². The molecule has 0 fully saturated rings. The molecule has 0 aliphatic heterocycles. The molecule has 0 aromatic heterocycles. The van der Waals surface area contributed by atoms with Crippen molar-refractivity contribution in [1.29, 1.82) is 0 Å². The number of hydrogen-bond acceptors (Lipinski definition) is 11. The van der Waals surface area contributed by atoms with E-state index in [2.05, 4.69) is 31.9 Å². The van der Waals surface area contributed by atoms with E-state index in [1.54, 1.807) is 73.6 Å². The number of carbonyl (C=O) groups is 8. The lowest BCUT2D eigenvalue weighted by Gasteiger charge is -2.34. The SMILES string of the molecule is CC[C@H](C)[C@H](NC(=O)[C@@H](NC(=O)OC(C)(C)C)C(C)C)C(=O)NC(C)(C)C(=O)N[C@H](C(=O)N[C@H](C(=O)NC(C)(C)C(=O)OC)C(C)C)[C@@H](C)OC(=O)c1ccccc1. The molecule has 1 aromatic rings. The van der Waals surface area contributed by atoms with Crippen LogP contribution in [-0.2, 0) is 43.0 Å². The summed E-state index contributed by atoms with van der Waals surface area (Å²) >= 11 is 0. The van der Waals surface area contributed by atoms with E-state index in [0.29, 0.717) is 6.42 Å². The fourth-order valence-corrected chi connectivity index (χ4v) is 5.42. The molecule has 17 heteroatoms. The van der Waals surface area contributed by atoms with Crippen LogP contribution < -0.4 is 31.9 Å². The lowest BCUT2D eigenvalue weighted by Crippen LogP contribution is -2.66. The second kappa shape index (κ2) is 21.5. The quantitative estimate of drug-likeness (QED) is 0.0877. The Kier molecular flexibility index (Phi) is 18.8. The minimum Gasteiger partial charge on any atom is -0.467 e. The van der Waals surface area contributed by atoms with Crippen molar-refractivity contribution in [3.05, 3.63) is 35.9 Å². The molecule has 0 aliphatic carbocycles. The van der Waals surface area contributed by atoms with E-state index < -0.39 is 112 Å². The molecule has 1 aromatic carbocycles. The highest BCUT2D eigenvalue weighted by Crippen LogP contribution is 2.16. The Morgan fingerprint density at radius 3 is 1.55 bits per heavy atom. The van der Waals surface area contributed by atoms with Gasteiger partial charge in [0.05, 0.1) is 12.7 Å². The monoisotopic (exact) mass is 818 g/mol. The number of methoxy groups -OCH3 is 1. The number of rotatable bonds is 19. The second-order valence-electron chi connectivity index (χ2n) is 17.1. The standard InChI is InChI=1S/C41H66N6O11/c1-16-24(6)29(43-31(48)27(22(2)3)45-38(55)58-39(8,9)10)34(51)46-40(11,12)36(53)44-30(25(7)57-35(52)26-20-18-17-19-21-26)32(49)42-28(23(4)5)33(50)47-41(13,14)37(54)56-15/h17-25,27-30H,16H2,1-15H3,(H,42,49)(H,43,48)(H,44,53)(H,45,55)(H,46,51)(H,47,50)/t24-,25+,27-,28-,29-,30-/m0/s1. The third kappa shape index (κ3) is 15.6. The molecule has 0 heterocycles. The first kappa shape index (κ1) is 50.8. The maximum absolute atomic E-state index is 14.0. The largest absolute Gasteiger partial charge is 0.467 e. The van der Waals surface area contributed by atoms with Crippen molar-refractivity contribution in [2.75, 3.05) is 7.11 Å². The molecular formula is C41H66N6O11. The van der Waals surface area contributed by atoms with Crippen LogP contribution in [0.2, 0.25) is 0 Å². The Labute approximate surface area is 342 Å². The predicted octanol–water partition coefficient (Wildman–Crippen LogP) is 2.90. The lowest BCUT2D eigenvalue weighted by atomic mass is 9.94. The summed E-state index contributed by atoms with van der Waals surface area (Å²) in [7, 11) is 1.17. The van der Waals surface area contributed by atoms with Crippen molar-refractivity contribution in [1.82, 2.24) is 31.9 Å². The maximum Gasteiger partial charge on any atom is 0.408 e. The van der Waals surface area contributed by atoms with Gasteiger partial charge in [-0.1, -0.05) is 66.2 Å². The smallest absolute Gasteiger partial charge is 0.408 e. The van der Waals surface area contributed by atoms with Gasteiger partial charge in [0.1, 0.15) is 47.0 Å². The lowest BCUT2D eigenvalue weighted by molar-refractivity contribution is -0.150. The summed E-state index contributed by atoms with van der Waals surface area (Å²) in [5.41, 5.74) is -3.83. The summed E-state index contributed by atoms with van der Waals surface area (Å²) in [6, 6.07) is 2.91. The van der Waals surface area contributed by atoms with Crippen LogP contribution in [-0.4, -0.2) is 102 Å². The normalized spacial score (nSPS) is 15.0. The van der Waals surface area contributed by atoms with Crippen LogP contribution in [0.4, 0.5) is 4.79 Å². The minimum absolute atomic E-state index is 0.177. The van der Waals surface area contributed by atoms with Crippen molar-refractivity contribution >= 4 is 47.6 Å². The van der Waals surface area contributed by atoms with Crippen LogP contribution in [0.3, 0.4) is 0 Å². The highest BCUT2D eigenvalue weighted by atomic mass is 16.6. The van der Waals surface area contributed by atoms with E-state index in [1.807, 2.05) is 6.92 Å². The molecule has 0 spiro atoms. The molecule has 6 N–H and O–H groups in total. The van der Waals surface area contributed by atoms with Crippen molar-refractivity contribution in [2.45, 2.75) is 150 Å². The summed E-state index contributed by atoms with van der Waals surface area (Å²) in [5.74, 6) is -6.73. The minimum atomic E-state index is -1.74. The van der Waals surface area contributed by atoms with Crippen LogP contribution >= 0.6 is 0 Å². The molecule has 0 bridgehead atoms. The molecule has 58 heavy (non-hydrogen) atoms. The highest BCUT2D eigenvalue weighted by molar-refractivity contribution is 5.99. The highest BCUT2D eigenvalue weighted by Gasteiger charge is 2.41. The van der Waals surface area contributed by atoms with Gasteiger partial charge in [0.25, 0.3) is 0 Å². The predicted molar refractivity (Wildman–Crippen MR) is 216 cm³/mol. The Balaban J connectivity index is 3.44. The number of nitrogens with one attached hydrogen (secondary N) is 6. The van der Waals surface area contributed by atoms with Gasteiger partial charge in [-0.05, 0) is 85.3 Å². The molecule has 0 saturated carbocycles. The van der Waals surface area contributed by atoms with Crippen molar-refractivity contribution in [3.8, 4) is 0 Å². The van der Waals surface area contributed by atoms with Crippen LogP contribution in [0, 0.1) is 17.8 Å². The van der Waals surface area contributed by atoms with Crippen LogP contribution in [0.1, 0.15) is 114 Å². The van der Waals surface area contributed by atoms with Gasteiger partial charge in [-0.3, -0.25) is 24.0 Å². The van der Waals surface area contributed by atoms with Crippen LogP contribution in [0.5, 0.6) is 0 Å². The summed E-state index contributed by atoms with van der Waals surface area (Å²) in [5, 5.41) is 15.7. The third-order valence-corrected chi connectivity index (χ3v) is 9.14. The Bertz CT molecular complexity index is 1620. The van der Waals surface area contributed by atoms with Crippen molar-refractivity contribution in [2.24, 2.45) is 17.8 Å². The average Bonchev–Trinajstić information content (AvgIpc) is 3.11. The Morgan fingerprint density at radius 2 is 1.07 bits per heavy atom. The molecule has 17 nitrogen and oxygen atoms in total. The fourth-order valence-electron chi connectivity index (χ4n) is 5.42. The molecule has 0 saturated heterocycles. The maximum atomic E-state index is 14.0. The number of hydrogen-bond donors (Lipinski definition) is 6. The van der Waals surface area contributed by atoms with E-state index >= 15 is 0 Å². The van der Waals surface area contributed by atoms with Gasteiger partial charge in [0, 0.05) is 0 Å². The number of esters is 2. The van der Waals surface area contributed by atoms with Gasteiger partial charge in [-0.2, -0.15) is 0 Å². The Morgan fingerprint density at radius 1 is 0.603 bits per heavy atom. The van der Waals surface area contributed by atoms with Crippen LogP contribution in [0.25, 0.3) is 0 Å².